The Bertz CT molecular complexity index is 1040. The summed E-state index contributed by atoms with van der Waals surface area (Å²) < 4.78 is 7.58. The van der Waals surface area contributed by atoms with Gasteiger partial charge in [0.05, 0.1) is 22.9 Å². The van der Waals surface area contributed by atoms with E-state index >= 15 is 0 Å². The number of allylic oxidation sites excluding steroid dienone is 1. The van der Waals surface area contributed by atoms with Crippen LogP contribution in [0.15, 0.2) is 60.2 Å². The van der Waals surface area contributed by atoms with Gasteiger partial charge in [0.15, 0.2) is 0 Å². The zero-order valence-corrected chi connectivity index (χ0v) is 14.5. The number of nitrogens with two attached hydrogens (primary N) is 1. The van der Waals surface area contributed by atoms with Gasteiger partial charge in [0.1, 0.15) is 11.6 Å². The van der Waals surface area contributed by atoms with Crippen LogP contribution in [0.2, 0.25) is 0 Å². The van der Waals surface area contributed by atoms with Crippen LogP contribution in [0.25, 0.3) is 5.69 Å². The van der Waals surface area contributed by atoms with E-state index in [0.717, 1.165) is 28.1 Å². The summed E-state index contributed by atoms with van der Waals surface area (Å²) in [6.07, 6.45) is 3.41. The van der Waals surface area contributed by atoms with Crippen molar-refractivity contribution >= 4 is 0 Å². The number of hydrogen-bond donors (Lipinski definition) is 1. The van der Waals surface area contributed by atoms with Crippen molar-refractivity contribution in [2.75, 3.05) is 0 Å². The zero-order chi connectivity index (χ0) is 18.3. The Morgan fingerprint density at radius 3 is 2.46 bits per heavy atom. The summed E-state index contributed by atoms with van der Waals surface area (Å²) >= 11 is 0. The molecule has 0 bridgehead atoms. The summed E-state index contributed by atoms with van der Waals surface area (Å²) in [5, 5.41) is 14.3. The normalized spacial score (nSPS) is 16.0. The van der Waals surface area contributed by atoms with E-state index in [1.54, 1.807) is 17.1 Å². The first-order valence-corrected chi connectivity index (χ1v) is 8.24. The van der Waals surface area contributed by atoms with Crippen molar-refractivity contribution in [3.8, 4) is 17.6 Å². The summed E-state index contributed by atoms with van der Waals surface area (Å²) in [7, 11) is 0. The Morgan fingerprint density at radius 1 is 1.12 bits per heavy atom. The van der Waals surface area contributed by atoms with E-state index in [2.05, 4.69) is 16.2 Å². The van der Waals surface area contributed by atoms with E-state index in [4.69, 9.17) is 10.5 Å². The molecule has 3 aromatic rings. The van der Waals surface area contributed by atoms with Crippen LogP contribution in [0, 0.1) is 25.2 Å². The molecule has 0 radical (unpaired) electrons. The van der Waals surface area contributed by atoms with Gasteiger partial charge in [-0.05, 0) is 43.7 Å². The van der Waals surface area contributed by atoms with Crippen molar-refractivity contribution in [1.29, 1.82) is 5.26 Å². The maximum Gasteiger partial charge on any atom is 0.229 e. The third-order valence-electron chi connectivity index (χ3n) is 4.55. The van der Waals surface area contributed by atoms with Gasteiger partial charge >= 0.3 is 0 Å². The molecule has 0 saturated heterocycles. The van der Waals surface area contributed by atoms with Crippen molar-refractivity contribution in [3.63, 3.8) is 0 Å². The number of aryl methyl sites for hydroxylation is 2. The maximum atomic E-state index is 9.65. The van der Waals surface area contributed by atoms with Gasteiger partial charge < -0.3 is 10.5 Å². The lowest BCUT2D eigenvalue weighted by Gasteiger charge is -2.24. The van der Waals surface area contributed by atoms with Crippen molar-refractivity contribution in [2.45, 2.75) is 19.8 Å². The fourth-order valence-electron chi connectivity index (χ4n) is 3.26. The Kier molecular flexibility index (Phi) is 3.70. The van der Waals surface area contributed by atoms with Gasteiger partial charge in [-0.25, -0.2) is 4.68 Å². The lowest BCUT2D eigenvalue weighted by Crippen LogP contribution is -2.22. The molecule has 2 aromatic heterocycles. The summed E-state index contributed by atoms with van der Waals surface area (Å²) in [4.78, 5) is 4.07. The molecule has 6 heteroatoms. The van der Waals surface area contributed by atoms with Gasteiger partial charge in [0.2, 0.25) is 11.8 Å². The highest BCUT2D eigenvalue weighted by molar-refractivity contribution is 5.56. The average Bonchev–Trinajstić information content (AvgIpc) is 2.98. The third kappa shape index (κ3) is 2.42. The number of aromatic nitrogens is 3. The topological polar surface area (TPSA) is 89.8 Å². The van der Waals surface area contributed by atoms with Crippen LogP contribution in [0.5, 0.6) is 5.88 Å². The molecule has 1 aromatic carbocycles. The molecule has 0 unspecified atom stereocenters. The highest BCUT2D eigenvalue weighted by atomic mass is 16.5. The van der Waals surface area contributed by atoms with Crippen LogP contribution in [0.3, 0.4) is 0 Å². The van der Waals surface area contributed by atoms with Crippen molar-refractivity contribution in [3.05, 3.63) is 82.6 Å². The number of rotatable bonds is 2. The Hall–Kier alpha value is -3.59. The number of hydrogen-bond acceptors (Lipinski definition) is 5. The fourth-order valence-corrected chi connectivity index (χ4v) is 3.26. The predicted molar refractivity (Wildman–Crippen MR) is 96.6 cm³/mol. The highest BCUT2D eigenvalue weighted by Crippen LogP contribution is 2.44. The molecule has 1 aliphatic rings. The first kappa shape index (κ1) is 15.9. The van der Waals surface area contributed by atoms with Crippen LogP contribution in [0.1, 0.15) is 28.3 Å². The minimum Gasteiger partial charge on any atom is -0.422 e. The van der Waals surface area contributed by atoms with E-state index in [-0.39, 0.29) is 11.8 Å². The van der Waals surface area contributed by atoms with Gasteiger partial charge in [-0.2, -0.15) is 10.4 Å². The Morgan fingerprint density at radius 2 is 1.81 bits per heavy atom. The quantitative estimate of drug-likeness (QED) is 0.772. The summed E-state index contributed by atoms with van der Waals surface area (Å²) in [6.45, 7) is 3.95. The number of ether oxygens (including phenoxy) is 1. The molecule has 26 heavy (non-hydrogen) atoms. The van der Waals surface area contributed by atoms with E-state index in [1.807, 2.05) is 50.2 Å². The summed E-state index contributed by atoms with van der Waals surface area (Å²) in [6, 6.07) is 14.0. The molecule has 1 atom stereocenters. The molecular formula is C20H17N5O. The first-order valence-electron chi connectivity index (χ1n) is 8.24. The predicted octanol–water partition coefficient (Wildman–Crippen LogP) is 3.10. The lowest BCUT2D eigenvalue weighted by molar-refractivity contribution is 0.367. The van der Waals surface area contributed by atoms with E-state index in [9.17, 15) is 5.26 Å². The average molecular weight is 343 g/mol. The van der Waals surface area contributed by atoms with Gasteiger partial charge in [-0.15, -0.1) is 0 Å². The second-order valence-electron chi connectivity index (χ2n) is 6.26. The van der Waals surface area contributed by atoms with Crippen LogP contribution in [-0.4, -0.2) is 14.8 Å². The van der Waals surface area contributed by atoms with Crippen molar-refractivity contribution < 1.29 is 4.74 Å². The molecule has 1 aliphatic heterocycles. The minimum atomic E-state index is -0.328. The fraction of sp³-hybridized carbons (Fsp3) is 0.150. The molecule has 0 fully saturated rings. The molecule has 0 saturated carbocycles. The molecule has 0 spiro atoms. The number of benzene rings is 1. The molecule has 3 heterocycles. The monoisotopic (exact) mass is 343 g/mol. The molecule has 0 aliphatic carbocycles. The van der Waals surface area contributed by atoms with Gasteiger partial charge in [-0.1, -0.05) is 17.7 Å². The first-order chi connectivity index (χ1) is 12.6. The number of nitrogens with zero attached hydrogens (tertiary/aromatic N) is 4. The van der Waals surface area contributed by atoms with Crippen LogP contribution < -0.4 is 10.5 Å². The zero-order valence-electron chi connectivity index (χ0n) is 14.5. The summed E-state index contributed by atoms with van der Waals surface area (Å²) in [5.41, 5.74) is 11.1. The standard InChI is InChI=1S/C20H17N5O/c1-12-3-5-15(6-4-12)25-20-17(13(2)24-25)18(14-7-9-23-10-8-14)16(11-21)19(22)26-20/h3-10,18H,22H2,1-2H3/t18-/m1/s1. The Labute approximate surface area is 151 Å². The van der Waals surface area contributed by atoms with E-state index < -0.39 is 0 Å². The maximum absolute atomic E-state index is 9.65. The van der Waals surface area contributed by atoms with Crippen LogP contribution in [-0.2, 0) is 0 Å². The Balaban J connectivity index is 1.95. The van der Waals surface area contributed by atoms with Crippen LogP contribution >= 0.6 is 0 Å². The third-order valence-corrected chi connectivity index (χ3v) is 4.55. The van der Waals surface area contributed by atoms with E-state index in [1.165, 1.54) is 0 Å². The second kappa shape index (κ2) is 6.05. The molecule has 6 nitrogen and oxygen atoms in total. The molecule has 4 rings (SSSR count). The van der Waals surface area contributed by atoms with Gasteiger partial charge in [0.25, 0.3) is 0 Å². The van der Waals surface area contributed by atoms with Crippen LogP contribution in [0.4, 0.5) is 0 Å². The molecule has 128 valence electrons. The highest BCUT2D eigenvalue weighted by Gasteiger charge is 2.36. The van der Waals surface area contributed by atoms with Gasteiger partial charge in [0, 0.05) is 12.4 Å². The smallest absolute Gasteiger partial charge is 0.229 e. The van der Waals surface area contributed by atoms with Crippen molar-refractivity contribution in [2.24, 2.45) is 5.73 Å². The largest absolute Gasteiger partial charge is 0.422 e. The second-order valence-corrected chi connectivity index (χ2v) is 6.26. The van der Waals surface area contributed by atoms with Gasteiger partial charge in [-0.3, -0.25) is 4.98 Å². The number of pyridine rings is 1. The summed E-state index contributed by atoms with van der Waals surface area (Å²) in [5.74, 6) is 0.325. The molecule has 2 N–H and O–H groups in total. The number of fused-ring (bicyclic) bond motifs is 1. The molecule has 0 amide bonds. The SMILES string of the molecule is Cc1ccc(-n2nc(C)c3c2OC(N)=C(C#N)[C@H]3c2ccncc2)cc1. The van der Waals surface area contributed by atoms with E-state index in [0.29, 0.717) is 11.5 Å². The lowest BCUT2D eigenvalue weighted by atomic mass is 9.84. The minimum absolute atomic E-state index is 0.107. The molecular weight excluding hydrogens is 326 g/mol. The number of nitriles is 1. The van der Waals surface area contributed by atoms with Crippen molar-refractivity contribution in [1.82, 2.24) is 14.8 Å².